The minimum atomic E-state index is -0.948. The number of ether oxygens (including phenoxy) is 1. The summed E-state index contributed by atoms with van der Waals surface area (Å²) < 4.78 is 5.63. The van der Waals surface area contributed by atoms with E-state index in [1.165, 1.54) is 4.90 Å². The first-order valence-corrected chi connectivity index (χ1v) is 7.82. The third kappa shape index (κ3) is 3.53. The van der Waals surface area contributed by atoms with Crippen molar-refractivity contribution in [3.63, 3.8) is 0 Å². The molecule has 1 N–H and O–H groups in total. The van der Waals surface area contributed by atoms with Crippen molar-refractivity contribution in [2.45, 2.75) is 25.5 Å². The molecule has 124 valence electrons. The highest BCUT2D eigenvalue weighted by Gasteiger charge is 2.34. The normalized spacial score (nSPS) is 16.8. The quantitative estimate of drug-likeness (QED) is 0.912. The smallest absolute Gasteiger partial charge is 0.326 e. The highest BCUT2D eigenvalue weighted by atomic mass is 16.5. The number of aliphatic carboxylic acids is 1. The first-order valence-electron chi connectivity index (χ1n) is 7.82. The van der Waals surface area contributed by atoms with Crippen LogP contribution in [0.25, 0.3) is 0 Å². The summed E-state index contributed by atoms with van der Waals surface area (Å²) in [6, 6.07) is 11.6. The summed E-state index contributed by atoms with van der Waals surface area (Å²) in [5.74, 6) is -0.569. The van der Waals surface area contributed by atoms with Crippen LogP contribution in [0.15, 0.2) is 48.7 Å². The van der Waals surface area contributed by atoms with Crippen molar-refractivity contribution in [3.8, 4) is 5.75 Å². The Labute approximate surface area is 139 Å². The molecule has 0 radical (unpaired) electrons. The highest BCUT2D eigenvalue weighted by molar-refractivity contribution is 5.97. The lowest BCUT2D eigenvalue weighted by molar-refractivity contribution is -0.141. The second-order valence-corrected chi connectivity index (χ2v) is 5.63. The van der Waals surface area contributed by atoms with Gasteiger partial charge >= 0.3 is 5.97 Å². The third-order valence-corrected chi connectivity index (χ3v) is 4.01. The minimum absolute atomic E-state index is 0.254. The molecule has 1 aromatic heterocycles. The maximum Gasteiger partial charge on any atom is 0.326 e. The third-order valence-electron chi connectivity index (χ3n) is 4.01. The Morgan fingerprint density at radius 3 is 2.67 bits per heavy atom. The number of benzene rings is 1. The van der Waals surface area contributed by atoms with E-state index in [-0.39, 0.29) is 5.91 Å². The van der Waals surface area contributed by atoms with Gasteiger partial charge in [-0.15, -0.1) is 0 Å². The second kappa shape index (κ2) is 7.12. The predicted octanol–water partition coefficient (Wildman–Crippen LogP) is 2.35. The van der Waals surface area contributed by atoms with Crippen molar-refractivity contribution in [1.82, 2.24) is 9.88 Å². The van der Waals surface area contributed by atoms with Gasteiger partial charge in [0.05, 0.1) is 5.69 Å². The SMILES string of the molecule is O=C(O)[C@H]1CCCN1C(=O)c1ccc(OCc2ccccn2)cc1. The number of carboxylic acids is 1. The van der Waals surface area contributed by atoms with Gasteiger partial charge in [0.25, 0.3) is 5.91 Å². The molecule has 0 aliphatic carbocycles. The van der Waals surface area contributed by atoms with Gasteiger partial charge < -0.3 is 14.7 Å². The van der Waals surface area contributed by atoms with Crippen LogP contribution in [0, 0.1) is 0 Å². The summed E-state index contributed by atoms with van der Waals surface area (Å²) >= 11 is 0. The molecule has 2 heterocycles. The van der Waals surface area contributed by atoms with Crippen molar-refractivity contribution in [2.75, 3.05) is 6.54 Å². The Morgan fingerprint density at radius 1 is 1.21 bits per heavy atom. The van der Waals surface area contributed by atoms with Gasteiger partial charge in [-0.3, -0.25) is 9.78 Å². The number of hydrogen-bond donors (Lipinski definition) is 1. The molecule has 3 rings (SSSR count). The zero-order valence-corrected chi connectivity index (χ0v) is 13.1. The predicted molar refractivity (Wildman–Crippen MR) is 86.7 cm³/mol. The lowest BCUT2D eigenvalue weighted by Crippen LogP contribution is -2.40. The van der Waals surface area contributed by atoms with E-state index in [9.17, 15) is 14.7 Å². The van der Waals surface area contributed by atoms with E-state index in [1.807, 2.05) is 18.2 Å². The number of carboxylic acid groups (broad SMARTS) is 1. The highest BCUT2D eigenvalue weighted by Crippen LogP contribution is 2.22. The standard InChI is InChI=1S/C18H18N2O4/c21-17(20-11-3-5-16(20)18(22)23)13-6-8-15(9-7-13)24-12-14-4-1-2-10-19-14/h1-2,4,6-10,16H,3,5,11-12H2,(H,22,23)/t16-/m1/s1. The van der Waals surface area contributed by atoms with E-state index in [2.05, 4.69) is 4.98 Å². The Hall–Kier alpha value is -2.89. The molecule has 6 nitrogen and oxygen atoms in total. The van der Waals surface area contributed by atoms with Gasteiger partial charge in [0.1, 0.15) is 18.4 Å². The fraction of sp³-hybridized carbons (Fsp3) is 0.278. The number of carbonyl (C=O) groups is 2. The maximum absolute atomic E-state index is 12.5. The van der Waals surface area contributed by atoms with Crippen LogP contribution < -0.4 is 4.74 Å². The number of nitrogens with zero attached hydrogens (tertiary/aromatic N) is 2. The number of hydrogen-bond acceptors (Lipinski definition) is 4. The topological polar surface area (TPSA) is 79.7 Å². The molecule has 0 unspecified atom stereocenters. The molecule has 0 saturated carbocycles. The van der Waals surface area contributed by atoms with E-state index >= 15 is 0 Å². The molecule has 24 heavy (non-hydrogen) atoms. The largest absolute Gasteiger partial charge is 0.487 e. The van der Waals surface area contributed by atoms with E-state index < -0.39 is 12.0 Å². The molecule has 1 aromatic carbocycles. The van der Waals surface area contributed by atoms with E-state index in [1.54, 1.807) is 30.5 Å². The summed E-state index contributed by atoms with van der Waals surface area (Å²) in [6.07, 6.45) is 2.93. The van der Waals surface area contributed by atoms with Crippen LogP contribution in [0.1, 0.15) is 28.9 Å². The van der Waals surface area contributed by atoms with Gasteiger partial charge in [-0.2, -0.15) is 0 Å². The Balaban J connectivity index is 1.63. The van der Waals surface area contributed by atoms with Crippen molar-refractivity contribution < 1.29 is 19.4 Å². The molecule has 1 saturated heterocycles. The fourth-order valence-electron chi connectivity index (χ4n) is 2.77. The first-order chi connectivity index (χ1) is 11.6. The summed E-state index contributed by atoms with van der Waals surface area (Å²) in [5, 5.41) is 9.18. The molecule has 0 bridgehead atoms. The molecule has 0 spiro atoms. The summed E-state index contributed by atoms with van der Waals surface area (Å²) in [5.41, 5.74) is 1.28. The van der Waals surface area contributed by atoms with Gasteiger partial charge in [-0.25, -0.2) is 4.79 Å². The number of pyridine rings is 1. The van der Waals surface area contributed by atoms with Crippen LogP contribution in [0.5, 0.6) is 5.75 Å². The first kappa shape index (κ1) is 16.0. The number of carbonyl (C=O) groups excluding carboxylic acids is 1. The van der Waals surface area contributed by atoms with Crippen LogP contribution in [0.3, 0.4) is 0 Å². The molecule has 2 aromatic rings. The zero-order chi connectivity index (χ0) is 16.9. The maximum atomic E-state index is 12.5. The molecule has 1 atom stereocenters. The summed E-state index contributed by atoms with van der Waals surface area (Å²) in [6.45, 7) is 0.828. The Bertz CT molecular complexity index is 716. The monoisotopic (exact) mass is 326 g/mol. The molecular weight excluding hydrogens is 308 g/mol. The summed E-state index contributed by atoms with van der Waals surface area (Å²) in [4.78, 5) is 29.3. The molecule has 1 fully saturated rings. The lowest BCUT2D eigenvalue weighted by Gasteiger charge is -2.21. The van der Waals surface area contributed by atoms with Crippen molar-refractivity contribution in [1.29, 1.82) is 0 Å². The number of likely N-dealkylation sites (tertiary alicyclic amines) is 1. The summed E-state index contributed by atoms with van der Waals surface area (Å²) in [7, 11) is 0. The average Bonchev–Trinajstić information content (AvgIpc) is 3.11. The minimum Gasteiger partial charge on any atom is -0.487 e. The number of aromatic nitrogens is 1. The van der Waals surface area contributed by atoms with Gasteiger partial charge in [0, 0.05) is 18.3 Å². The number of amides is 1. The van der Waals surface area contributed by atoms with Gasteiger partial charge in [-0.05, 0) is 49.2 Å². The Morgan fingerprint density at radius 2 is 2.00 bits per heavy atom. The van der Waals surface area contributed by atoms with Crippen LogP contribution in [0.2, 0.25) is 0 Å². The van der Waals surface area contributed by atoms with Crippen molar-refractivity contribution in [2.24, 2.45) is 0 Å². The van der Waals surface area contributed by atoms with E-state index in [0.29, 0.717) is 37.3 Å². The van der Waals surface area contributed by atoms with Crippen molar-refractivity contribution in [3.05, 3.63) is 59.9 Å². The van der Waals surface area contributed by atoms with E-state index in [0.717, 1.165) is 5.69 Å². The van der Waals surface area contributed by atoms with Crippen LogP contribution in [-0.4, -0.2) is 39.5 Å². The molecule has 1 amide bonds. The average molecular weight is 326 g/mol. The molecule has 1 aliphatic heterocycles. The van der Waals surface area contributed by atoms with Gasteiger partial charge in [-0.1, -0.05) is 6.07 Å². The Kier molecular flexibility index (Phi) is 4.74. The van der Waals surface area contributed by atoms with Crippen molar-refractivity contribution >= 4 is 11.9 Å². The van der Waals surface area contributed by atoms with E-state index in [4.69, 9.17) is 4.74 Å². The molecule has 1 aliphatic rings. The molecule has 6 heteroatoms. The van der Waals surface area contributed by atoms with Crippen LogP contribution >= 0.6 is 0 Å². The van der Waals surface area contributed by atoms with Crippen LogP contribution in [0.4, 0.5) is 0 Å². The van der Waals surface area contributed by atoms with Crippen LogP contribution in [-0.2, 0) is 11.4 Å². The van der Waals surface area contributed by atoms with Gasteiger partial charge in [0.15, 0.2) is 0 Å². The zero-order valence-electron chi connectivity index (χ0n) is 13.1. The number of rotatable bonds is 5. The fourth-order valence-corrected chi connectivity index (χ4v) is 2.77. The van der Waals surface area contributed by atoms with Gasteiger partial charge in [0.2, 0.25) is 0 Å². The molecular formula is C18H18N2O4. The second-order valence-electron chi connectivity index (χ2n) is 5.63. The lowest BCUT2D eigenvalue weighted by atomic mass is 10.1.